The van der Waals surface area contributed by atoms with Gasteiger partial charge in [0, 0.05) is 23.0 Å². The number of benzene rings is 2. The van der Waals surface area contributed by atoms with Crippen LogP contribution in [0.5, 0.6) is 0 Å². The van der Waals surface area contributed by atoms with E-state index in [9.17, 15) is 0 Å². The number of halogens is 1. The van der Waals surface area contributed by atoms with Gasteiger partial charge in [-0.25, -0.2) is 0 Å². The number of nitrogens with one attached hydrogen (secondary N) is 1. The third-order valence-corrected chi connectivity index (χ3v) is 5.20. The molecule has 2 heteroatoms. The van der Waals surface area contributed by atoms with Crippen molar-refractivity contribution in [3.8, 4) is 0 Å². The molecule has 108 valence electrons. The second-order valence-electron chi connectivity index (χ2n) is 6.44. The Bertz CT molecular complexity index is 601. The van der Waals surface area contributed by atoms with Crippen LogP contribution < -0.4 is 5.32 Å². The summed E-state index contributed by atoms with van der Waals surface area (Å²) in [5.41, 5.74) is 2.93. The molecule has 0 spiro atoms. The van der Waals surface area contributed by atoms with Crippen LogP contribution in [0.1, 0.15) is 42.2 Å². The zero-order valence-electron chi connectivity index (χ0n) is 12.0. The third kappa shape index (κ3) is 2.86. The third-order valence-electron chi connectivity index (χ3n) is 4.95. The Morgan fingerprint density at radius 2 is 1.52 bits per heavy atom. The molecule has 1 N–H and O–H groups in total. The highest BCUT2D eigenvalue weighted by Gasteiger charge is 2.42. The molecule has 2 aromatic rings. The SMILES string of the molecule is Clc1ccc(C2CC(NC3CC3c3ccccc3)C2)cc1. The zero-order chi connectivity index (χ0) is 14.2. The standard InChI is InChI=1S/C19H20ClN/c20-16-8-6-13(7-9-16)15-10-17(11-15)21-19-12-18(19)14-4-2-1-3-5-14/h1-9,15,17-19,21H,10-12H2. The van der Waals surface area contributed by atoms with Crippen molar-refractivity contribution < 1.29 is 0 Å². The zero-order valence-corrected chi connectivity index (χ0v) is 12.8. The van der Waals surface area contributed by atoms with E-state index in [-0.39, 0.29) is 0 Å². The molecule has 0 aliphatic heterocycles. The highest BCUT2D eigenvalue weighted by atomic mass is 35.5. The average Bonchev–Trinajstić information content (AvgIpc) is 3.24. The summed E-state index contributed by atoms with van der Waals surface area (Å²) in [7, 11) is 0. The molecule has 0 heterocycles. The van der Waals surface area contributed by atoms with Crippen LogP contribution in [-0.4, -0.2) is 12.1 Å². The second-order valence-corrected chi connectivity index (χ2v) is 6.88. The summed E-state index contributed by atoms with van der Waals surface area (Å²) < 4.78 is 0. The Morgan fingerprint density at radius 1 is 0.810 bits per heavy atom. The molecule has 0 saturated heterocycles. The fraction of sp³-hybridized carbons (Fsp3) is 0.368. The summed E-state index contributed by atoms with van der Waals surface area (Å²) in [6, 6.07) is 20.6. The van der Waals surface area contributed by atoms with Crippen LogP contribution in [0.3, 0.4) is 0 Å². The van der Waals surface area contributed by atoms with Crippen LogP contribution in [0.15, 0.2) is 54.6 Å². The van der Waals surface area contributed by atoms with E-state index >= 15 is 0 Å². The van der Waals surface area contributed by atoms with Crippen molar-refractivity contribution in [2.75, 3.05) is 0 Å². The fourth-order valence-corrected chi connectivity index (χ4v) is 3.64. The lowest BCUT2D eigenvalue weighted by Crippen LogP contribution is -2.41. The molecule has 21 heavy (non-hydrogen) atoms. The average molecular weight is 298 g/mol. The fourth-order valence-electron chi connectivity index (χ4n) is 3.51. The van der Waals surface area contributed by atoms with E-state index in [2.05, 4.69) is 47.8 Å². The first-order valence-corrected chi connectivity index (χ1v) is 8.24. The summed E-state index contributed by atoms with van der Waals surface area (Å²) in [4.78, 5) is 0. The van der Waals surface area contributed by atoms with Crippen molar-refractivity contribution in [2.24, 2.45) is 0 Å². The van der Waals surface area contributed by atoms with Gasteiger partial charge in [0.2, 0.25) is 0 Å². The minimum Gasteiger partial charge on any atom is -0.311 e. The summed E-state index contributed by atoms with van der Waals surface area (Å²) in [6.07, 6.45) is 3.82. The van der Waals surface area contributed by atoms with Gasteiger partial charge in [0.15, 0.2) is 0 Å². The molecule has 2 atom stereocenters. The quantitative estimate of drug-likeness (QED) is 0.860. The van der Waals surface area contributed by atoms with Gasteiger partial charge in [-0.1, -0.05) is 54.1 Å². The maximum atomic E-state index is 5.95. The molecule has 1 nitrogen and oxygen atoms in total. The first kappa shape index (κ1) is 13.4. The van der Waals surface area contributed by atoms with Gasteiger partial charge in [0.1, 0.15) is 0 Å². The van der Waals surface area contributed by atoms with Crippen molar-refractivity contribution in [3.05, 3.63) is 70.7 Å². The molecule has 2 aliphatic carbocycles. The molecule has 2 unspecified atom stereocenters. The maximum absolute atomic E-state index is 5.95. The highest BCUT2D eigenvalue weighted by Crippen LogP contribution is 2.44. The summed E-state index contributed by atoms with van der Waals surface area (Å²) >= 11 is 5.95. The Labute approximate surface area is 131 Å². The minimum atomic E-state index is 0.698. The molecular weight excluding hydrogens is 278 g/mol. The number of hydrogen-bond donors (Lipinski definition) is 1. The molecule has 2 fully saturated rings. The molecule has 0 radical (unpaired) electrons. The van der Waals surface area contributed by atoms with Gasteiger partial charge in [-0.3, -0.25) is 0 Å². The molecule has 0 aromatic heterocycles. The minimum absolute atomic E-state index is 0.698. The van der Waals surface area contributed by atoms with E-state index < -0.39 is 0 Å². The predicted molar refractivity (Wildman–Crippen MR) is 87.9 cm³/mol. The lowest BCUT2D eigenvalue weighted by molar-refractivity contribution is 0.287. The lowest BCUT2D eigenvalue weighted by atomic mass is 9.76. The van der Waals surface area contributed by atoms with Gasteiger partial charge in [-0.05, 0) is 48.4 Å². The largest absolute Gasteiger partial charge is 0.311 e. The first-order valence-electron chi connectivity index (χ1n) is 7.86. The summed E-state index contributed by atoms with van der Waals surface area (Å²) in [5, 5.41) is 4.65. The van der Waals surface area contributed by atoms with E-state index in [1.807, 2.05) is 12.1 Å². The van der Waals surface area contributed by atoms with Crippen LogP contribution in [0.4, 0.5) is 0 Å². The van der Waals surface area contributed by atoms with Crippen molar-refractivity contribution >= 4 is 11.6 Å². The van der Waals surface area contributed by atoms with Gasteiger partial charge >= 0.3 is 0 Å². The van der Waals surface area contributed by atoms with Gasteiger partial charge in [0.05, 0.1) is 0 Å². The monoisotopic (exact) mass is 297 g/mol. The van der Waals surface area contributed by atoms with Crippen molar-refractivity contribution in [1.82, 2.24) is 5.32 Å². The van der Waals surface area contributed by atoms with E-state index in [0.29, 0.717) is 18.0 Å². The normalized spacial score (nSPS) is 30.7. The van der Waals surface area contributed by atoms with Crippen molar-refractivity contribution in [1.29, 1.82) is 0 Å². The lowest BCUT2D eigenvalue weighted by Gasteiger charge is -2.36. The Morgan fingerprint density at radius 3 is 2.24 bits per heavy atom. The predicted octanol–water partition coefficient (Wildman–Crippen LogP) is 4.73. The molecule has 2 aliphatic rings. The van der Waals surface area contributed by atoms with Gasteiger partial charge < -0.3 is 5.32 Å². The molecular formula is C19H20ClN. The molecule has 2 aromatic carbocycles. The highest BCUT2D eigenvalue weighted by molar-refractivity contribution is 6.30. The molecule has 0 bridgehead atoms. The molecule has 0 amide bonds. The first-order chi connectivity index (χ1) is 10.3. The van der Waals surface area contributed by atoms with Crippen LogP contribution >= 0.6 is 11.6 Å². The molecule has 2 saturated carbocycles. The van der Waals surface area contributed by atoms with Crippen molar-refractivity contribution in [2.45, 2.75) is 43.2 Å². The Balaban J connectivity index is 1.27. The molecule has 4 rings (SSSR count). The van der Waals surface area contributed by atoms with Crippen molar-refractivity contribution in [3.63, 3.8) is 0 Å². The van der Waals surface area contributed by atoms with Crippen LogP contribution in [0.25, 0.3) is 0 Å². The van der Waals surface area contributed by atoms with E-state index in [4.69, 9.17) is 11.6 Å². The van der Waals surface area contributed by atoms with E-state index in [0.717, 1.165) is 10.9 Å². The van der Waals surface area contributed by atoms with E-state index in [1.165, 1.54) is 30.4 Å². The summed E-state index contributed by atoms with van der Waals surface area (Å²) in [6.45, 7) is 0. The Hall–Kier alpha value is -1.31. The maximum Gasteiger partial charge on any atom is 0.0406 e. The van der Waals surface area contributed by atoms with Gasteiger partial charge in [-0.15, -0.1) is 0 Å². The van der Waals surface area contributed by atoms with E-state index in [1.54, 1.807) is 0 Å². The second kappa shape index (κ2) is 5.47. The summed E-state index contributed by atoms with van der Waals surface area (Å²) in [5.74, 6) is 1.45. The van der Waals surface area contributed by atoms with Crippen LogP contribution in [0, 0.1) is 0 Å². The number of hydrogen-bond acceptors (Lipinski definition) is 1. The van der Waals surface area contributed by atoms with Crippen LogP contribution in [-0.2, 0) is 0 Å². The van der Waals surface area contributed by atoms with Gasteiger partial charge in [-0.2, -0.15) is 0 Å². The number of rotatable bonds is 4. The smallest absolute Gasteiger partial charge is 0.0406 e. The van der Waals surface area contributed by atoms with Gasteiger partial charge in [0.25, 0.3) is 0 Å². The topological polar surface area (TPSA) is 12.0 Å². The Kier molecular flexibility index (Phi) is 3.48. The van der Waals surface area contributed by atoms with Crippen LogP contribution in [0.2, 0.25) is 5.02 Å².